The zero-order valence-electron chi connectivity index (χ0n) is 8.33. The summed E-state index contributed by atoms with van der Waals surface area (Å²) in [6.07, 6.45) is -5.27. The molecule has 0 saturated carbocycles. The molecular weight excluding hydrogens is 223 g/mol. The predicted molar refractivity (Wildman–Crippen MR) is 53.0 cm³/mol. The van der Waals surface area contributed by atoms with Crippen molar-refractivity contribution in [2.24, 2.45) is 0 Å². The minimum atomic E-state index is -4.34. The molecular formula is C10H12F3NO2. The molecule has 0 aliphatic rings. The summed E-state index contributed by atoms with van der Waals surface area (Å²) in [5.74, 6) is 0. The maximum absolute atomic E-state index is 12.2. The van der Waals surface area contributed by atoms with Crippen molar-refractivity contribution in [2.75, 3.05) is 18.5 Å². The van der Waals surface area contributed by atoms with Crippen LogP contribution < -0.4 is 5.32 Å². The van der Waals surface area contributed by atoms with Gasteiger partial charge >= 0.3 is 6.18 Å². The lowest BCUT2D eigenvalue weighted by atomic mass is 10.2. The normalized spacial score (nSPS) is 13.6. The Kier molecular flexibility index (Phi) is 4.14. The molecule has 0 spiro atoms. The van der Waals surface area contributed by atoms with Crippen molar-refractivity contribution in [3.8, 4) is 0 Å². The molecule has 0 amide bonds. The molecule has 0 saturated heterocycles. The summed E-state index contributed by atoms with van der Waals surface area (Å²) in [5, 5.41) is 20.2. The molecule has 1 rings (SSSR count). The Morgan fingerprint density at radius 1 is 1.19 bits per heavy atom. The van der Waals surface area contributed by atoms with Crippen molar-refractivity contribution >= 4 is 5.69 Å². The molecule has 0 aromatic heterocycles. The largest absolute Gasteiger partial charge is 0.416 e. The SMILES string of the molecule is OC[C@@H](O)CNc1ccc(C(F)(F)F)cc1. The zero-order chi connectivity index (χ0) is 12.2. The number of anilines is 1. The molecule has 3 nitrogen and oxygen atoms in total. The van der Waals surface area contributed by atoms with E-state index in [9.17, 15) is 13.2 Å². The Morgan fingerprint density at radius 3 is 2.19 bits per heavy atom. The molecule has 16 heavy (non-hydrogen) atoms. The minimum Gasteiger partial charge on any atom is -0.394 e. The summed E-state index contributed by atoms with van der Waals surface area (Å²) >= 11 is 0. The van der Waals surface area contributed by atoms with Crippen LogP contribution in [0.3, 0.4) is 0 Å². The number of halogens is 3. The van der Waals surface area contributed by atoms with Crippen LogP contribution in [0.25, 0.3) is 0 Å². The van der Waals surface area contributed by atoms with Gasteiger partial charge in [0.2, 0.25) is 0 Å². The van der Waals surface area contributed by atoms with Gasteiger partial charge in [0, 0.05) is 12.2 Å². The smallest absolute Gasteiger partial charge is 0.394 e. The van der Waals surface area contributed by atoms with Gasteiger partial charge in [0.1, 0.15) is 0 Å². The van der Waals surface area contributed by atoms with Gasteiger partial charge in [-0.1, -0.05) is 0 Å². The van der Waals surface area contributed by atoms with Crippen LogP contribution in [0.4, 0.5) is 18.9 Å². The highest BCUT2D eigenvalue weighted by Crippen LogP contribution is 2.29. The van der Waals surface area contributed by atoms with Crippen molar-refractivity contribution in [1.82, 2.24) is 0 Å². The van der Waals surface area contributed by atoms with Crippen molar-refractivity contribution in [3.05, 3.63) is 29.8 Å². The molecule has 0 aliphatic carbocycles. The van der Waals surface area contributed by atoms with Gasteiger partial charge in [0.25, 0.3) is 0 Å². The van der Waals surface area contributed by atoms with Gasteiger partial charge < -0.3 is 15.5 Å². The summed E-state index contributed by atoms with van der Waals surface area (Å²) in [5.41, 5.74) is -0.263. The number of hydrogen-bond acceptors (Lipinski definition) is 3. The van der Waals surface area contributed by atoms with Crippen LogP contribution in [0.1, 0.15) is 5.56 Å². The van der Waals surface area contributed by atoms with Crippen molar-refractivity contribution in [3.63, 3.8) is 0 Å². The number of nitrogens with one attached hydrogen (secondary N) is 1. The van der Waals surface area contributed by atoms with E-state index in [2.05, 4.69) is 5.32 Å². The molecule has 0 unspecified atom stereocenters. The zero-order valence-corrected chi connectivity index (χ0v) is 8.33. The van der Waals surface area contributed by atoms with Crippen LogP contribution in [-0.2, 0) is 6.18 Å². The molecule has 0 radical (unpaired) electrons. The Balaban J connectivity index is 2.58. The van der Waals surface area contributed by atoms with Gasteiger partial charge in [-0.15, -0.1) is 0 Å². The molecule has 0 bridgehead atoms. The minimum absolute atomic E-state index is 0.0852. The van der Waals surface area contributed by atoms with Crippen LogP contribution in [0, 0.1) is 0 Å². The van der Waals surface area contributed by atoms with E-state index in [-0.39, 0.29) is 6.54 Å². The molecule has 6 heteroatoms. The topological polar surface area (TPSA) is 52.5 Å². The van der Waals surface area contributed by atoms with Crippen molar-refractivity contribution < 1.29 is 23.4 Å². The van der Waals surface area contributed by atoms with Gasteiger partial charge in [-0.2, -0.15) is 13.2 Å². The van der Waals surface area contributed by atoms with Gasteiger partial charge in [0.15, 0.2) is 0 Å². The first-order valence-electron chi connectivity index (χ1n) is 4.63. The van der Waals surface area contributed by atoms with E-state index in [4.69, 9.17) is 10.2 Å². The Hall–Kier alpha value is -1.27. The third kappa shape index (κ3) is 3.71. The summed E-state index contributed by atoms with van der Waals surface area (Å²) in [6.45, 7) is -0.310. The summed E-state index contributed by atoms with van der Waals surface area (Å²) in [6, 6.07) is 4.45. The third-order valence-electron chi connectivity index (χ3n) is 1.96. The highest BCUT2D eigenvalue weighted by molar-refractivity contribution is 5.45. The van der Waals surface area contributed by atoms with E-state index >= 15 is 0 Å². The Morgan fingerprint density at radius 2 is 1.75 bits per heavy atom. The first kappa shape index (κ1) is 12.8. The second-order valence-electron chi connectivity index (χ2n) is 3.29. The average Bonchev–Trinajstić information content (AvgIpc) is 2.25. The van der Waals surface area contributed by atoms with E-state index in [1.54, 1.807) is 0 Å². The Bertz CT molecular complexity index is 324. The van der Waals surface area contributed by atoms with Gasteiger partial charge in [-0.25, -0.2) is 0 Å². The lowest BCUT2D eigenvalue weighted by Gasteiger charge is -2.11. The second kappa shape index (κ2) is 5.18. The lowest BCUT2D eigenvalue weighted by molar-refractivity contribution is -0.137. The van der Waals surface area contributed by atoms with Crippen molar-refractivity contribution in [1.29, 1.82) is 0 Å². The fraction of sp³-hybridized carbons (Fsp3) is 0.400. The molecule has 3 N–H and O–H groups in total. The van der Waals surface area contributed by atoms with Crippen LogP contribution in [0.15, 0.2) is 24.3 Å². The maximum Gasteiger partial charge on any atom is 0.416 e. The Labute approximate surface area is 90.5 Å². The molecule has 1 atom stereocenters. The van der Waals surface area contributed by atoms with E-state index in [1.165, 1.54) is 12.1 Å². The number of aliphatic hydroxyl groups excluding tert-OH is 2. The summed E-state index contributed by atoms with van der Waals surface area (Å²) in [7, 11) is 0. The van der Waals surface area contributed by atoms with E-state index in [0.29, 0.717) is 5.69 Å². The molecule has 0 heterocycles. The van der Waals surface area contributed by atoms with E-state index in [1.807, 2.05) is 0 Å². The lowest BCUT2D eigenvalue weighted by Crippen LogP contribution is -2.22. The van der Waals surface area contributed by atoms with Gasteiger partial charge in [-0.05, 0) is 24.3 Å². The first-order valence-corrected chi connectivity index (χ1v) is 4.63. The molecule has 1 aromatic carbocycles. The molecule has 90 valence electrons. The summed E-state index contributed by atoms with van der Waals surface area (Å²) < 4.78 is 36.6. The number of rotatable bonds is 4. The fourth-order valence-electron chi connectivity index (χ4n) is 1.08. The number of benzene rings is 1. The standard InChI is InChI=1S/C10H12F3NO2/c11-10(12,13)7-1-3-8(4-2-7)14-5-9(16)6-15/h1-4,9,14-16H,5-6H2/t9-/m0/s1. The monoisotopic (exact) mass is 235 g/mol. The highest BCUT2D eigenvalue weighted by atomic mass is 19.4. The fourth-order valence-corrected chi connectivity index (χ4v) is 1.08. The predicted octanol–water partition coefficient (Wildman–Crippen LogP) is 1.47. The number of aliphatic hydroxyl groups is 2. The van der Waals surface area contributed by atoms with Gasteiger partial charge in [-0.3, -0.25) is 0 Å². The van der Waals surface area contributed by atoms with E-state index in [0.717, 1.165) is 12.1 Å². The number of hydrogen-bond donors (Lipinski definition) is 3. The molecule has 0 fully saturated rings. The van der Waals surface area contributed by atoms with E-state index < -0.39 is 24.5 Å². The number of alkyl halides is 3. The van der Waals surface area contributed by atoms with Gasteiger partial charge in [0.05, 0.1) is 18.3 Å². The second-order valence-corrected chi connectivity index (χ2v) is 3.29. The quantitative estimate of drug-likeness (QED) is 0.740. The highest BCUT2D eigenvalue weighted by Gasteiger charge is 2.29. The van der Waals surface area contributed by atoms with Crippen LogP contribution in [-0.4, -0.2) is 29.5 Å². The summed E-state index contributed by atoms with van der Waals surface area (Å²) in [4.78, 5) is 0. The third-order valence-corrected chi connectivity index (χ3v) is 1.96. The molecule has 0 aliphatic heterocycles. The first-order chi connectivity index (χ1) is 7.43. The van der Waals surface area contributed by atoms with Crippen molar-refractivity contribution in [2.45, 2.75) is 12.3 Å². The average molecular weight is 235 g/mol. The molecule has 1 aromatic rings. The van der Waals surface area contributed by atoms with Crippen LogP contribution >= 0.6 is 0 Å². The maximum atomic E-state index is 12.2. The van der Waals surface area contributed by atoms with Crippen LogP contribution in [0.5, 0.6) is 0 Å². The van der Waals surface area contributed by atoms with Crippen LogP contribution in [0.2, 0.25) is 0 Å².